The first kappa shape index (κ1) is 14.5. The molecule has 0 fully saturated rings. The first-order valence-electron chi connectivity index (χ1n) is 6.92. The number of carbonyl (C=O) groups is 1. The lowest BCUT2D eigenvalue weighted by atomic mass is 10.3. The summed E-state index contributed by atoms with van der Waals surface area (Å²) >= 11 is 1.65. The molecular weight excluding hydrogens is 300 g/mol. The van der Waals surface area contributed by atoms with E-state index in [0.717, 1.165) is 16.1 Å². The Morgan fingerprint density at radius 2 is 2.18 bits per heavy atom. The number of aromatic nitrogens is 3. The highest BCUT2D eigenvalue weighted by Crippen LogP contribution is 2.28. The van der Waals surface area contributed by atoms with Crippen molar-refractivity contribution in [2.75, 3.05) is 5.32 Å². The molecule has 0 aliphatic rings. The number of carbonyl (C=O) groups excluding carboxylic acids is 1. The first-order chi connectivity index (χ1) is 10.5. The van der Waals surface area contributed by atoms with Gasteiger partial charge in [-0.25, -0.2) is 14.3 Å². The zero-order chi connectivity index (χ0) is 15.7. The van der Waals surface area contributed by atoms with E-state index >= 15 is 0 Å². The largest absolute Gasteiger partial charge is 0.447 e. The van der Waals surface area contributed by atoms with E-state index in [2.05, 4.69) is 15.4 Å². The number of thiophene rings is 1. The molecule has 114 valence electrons. The Morgan fingerprint density at radius 3 is 2.86 bits per heavy atom. The van der Waals surface area contributed by atoms with Crippen LogP contribution in [0.1, 0.15) is 18.7 Å². The van der Waals surface area contributed by atoms with Gasteiger partial charge in [0.2, 0.25) is 5.95 Å². The summed E-state index contributed by atoms with van der Waals surface area (Å²) in [6.45, 7) is 5.63. The summed E-state index contributed by atoms with van der Waals surface area (Å²) in [5, 5.41) is 6.83. The Labute approximate surface area is 131 Å². The summed E-state index contributed by atoms with van der Waals surface area (Å²) in [6.07, 6.45) is 0.925. The third-order valence-corrected chi connectivity index (χ3v) is 3.96. The van der Waals surface area contributed by atoms with Crippen molar-refractivity contribution >= 4 is 28.9 Å². The minimum absolute atomic E-state index is 0.198. The van der Waals surface area contributed by atoms with Gasteiger partial charge in [-0.15, -0.1) is 11.3 Å². The van der Waals surface area contributed by atoms with E-state index in [1.165, 1.54) is 4.88 Å². The van der Waals surface area contributed by atoms with E-state index in [4.69, 9.17) is 4.74 Å². The molecule has 0 saturated heterocycles. The van der Waals surface area contributed by atoms with Gasteiger partial charge in [-0.05, 0) is 45.0 Å². The average molecular weight is 316 g/mol. The minimum atomic E-state index is -0.543. The number of nitrogens with zero attached hydrogens (tertiary/aromatic N) is 3. The van der Waals surface area contributed by atoms with Crippen molar-refractivity contribution in [3.05, 3.63) is 35.3 Å². The molecule has 3 aromatic rings. The topological polar surface area (TPSA) is 68.5 Å². The molecule has 0 unspecified atom stereocenters. The van der Waals surface area contributed by atoms with Crippen molar-refractivity contribution in [1.29, 1.82) is 0 Å². The van der Waals surface area contributed by atoms with Crippen LogP contribution in [0, 0.1) is 6.92 Å². The number of aryl methyl sites for hydroxylation is 1. The maximum atomic E-state index is 11.8. The second kappa shape index (κ2) is 5.76. The lowest BCUT2D eigenvalue weighted by molar-refractivity contribution is 0.129. The zero-order valence-electron chi connectivity index (χ0n) is 12.5. The highest BCUT2D eigenvalue weighted by atomic mass is 32.1. The highest BCUT2D eigenvalue weighted by Gasteiger charge is 2.13. The van der Waals surface area contributed by atoms with Crippen LogP contribution in [0.3, 0.4) is 0 Å². The summed E-state index contributed by atoms with van der Waals surface area (Å²) in [5.41, 5.74) is 1.65. The molecule has 0 spiro atoms. The van der Waals surface area contributed by atoms with E-state index < -0.39 is 6.09 Å². The molecule has 0 aromatic carbocycles. The van der Waals surface area contributed by atoms with Crippen LogP contribution in [0.25, 0.3) is 16.1 Å². The van der Waals surface area contributed by atoms with E-state index in [9.17, 15) is 4.79 Å². The van der Waals surface area contributed by atoms with Crippen LogP contribution in [-0.4, -0.2) is 26.8 Å². The van der Waals surface area contributed by atoms with Crippen molar-refractivity contribution in [2.45, 2.75) is 26.9 Å². The van der Waals surface area contributed by atoms with E-state index in [0.29, 0.717) is 5.95 Å². The second-order valence-corrected chi connectivity index (χ2v) is 6.41. The zero-order valence-corrected chi connectivity index (χ0v) is 13.3. The van der Waals surface area contributed by atoms with E-state index in [1.807, 2.05) is 31.2 Å². The van der Waals surface area contributed by atoms with Crippen molar-refractivity contribution in [2.24, 2.45) is 0 Å². The summed E-state index contributed by atoms with van der Waals surface area (Å²) < 4.78 is 6.68. The standard InChI is InChI=1S/C15H16N4O2S/c1-9(2)21-15(20)18-14-17-12(13-5-4-10(3)22-13)8-11-6-7-16-19(11)14/h4-9H,1-3H3,(H,17,18,20). The number of hydrogen-bond acceptors (Lipinski definition) is 5. The van der Waals surface area contributed by atoms with Crippen LogP contribution >= 0.6 is 11.3 Å². The summed E-state index contributed by atoms with van der Waals surface area (Å²) in [5.74, 6) is 0.342. The van der Waals surface area contributed by atoms with Gasteiger partial charge in [0.15, 0.2) is 0 Å². The summed E-state index contributed by atoms with van der Waals surface area (Å²) in [4.78, 5) is 18.6. The number of ether oxygens (including phenoxy) is 1. The quantitative estimate of drug-likeness (QED) is 0.799. The monoisotopic (exact) mass is 316 g/mol. The van der Waals surface area contributed by atoms with Crippen molar-refractivity contribution in [1.82, 2.24) is 14.6 Å². The van der Waals surface area contributed by atoms with Gasteiger partial charge < -0.3 is 4.74 Å². The van der Waals surface area contributed by atoms with Gasteiger partial charge in [-0.3, -0.25) is 5.32 Å². The molecule has 3 rings (SSSR count). The van der Waals surface area contributed by atoms with Gasteiger partial charge in [0.05, 0.1) is 28.4 Å². The van der Waals surface area contributed by atoms with Crippen LogP contribution in [0.5, 0.6) is 0 Å². The molecule has 0 aliphatic heterocycles. The Hall–Kier alpha value is -2.41. The minimum Gasteiger partial charge on any atom is -0.447 e. The molecule has 1 N–H and O–H groups in total. The predicted octanol–water partition coefficient (Wildman–Crippen LogP) is 3.72. The predicted molar refractivity (Wildman–Crippen MR) is 86.3 cm³/mol. The van der Waals surface area contributed by atoms with Crippen LogP contribution < -0.4 is 5.32 Å². The van der Waals surface area contributed by atoms with E-state index in [1.54, 1.807) is 35.9 Å². The van der Waals surface area contributed by atoms with Crippen molar-refractivity contribution in [3.63, 3.8) is 0 Å². The van der Waals surface area contributed by atoms with Gasteiger partial charge in [0.1, 0.15) is 0 Å². The molecule has 6 nitrogen and oxygen atoms in total. The Morgan fingerprint density at radius 1 is 1.36 bits per heavy atom. The number of amides is 1. The summed E-state index contributed by atoms with van der Waals surface area (Å²) in [7, 11) is 0. The second-order valence-electron chi connectivity index (χ2n) is 5.12. The first-order valence-corrected chi connectivity index (χ1v) is 7.74. The molecule has 0 bridgehead atoms. The number of fused-ring (bicyclic) bond motifs is 1. The SMILES string of the molecule is Cc1ccc(-c2cc3ccnn3c(NC(=O)OC(C)C)n2)s1. The molecule has 3 aromatic heterocycles. The average Bonchev–Trinajstić information content (AvgIpc) is 3.05. The van der Waals surface area contributed by atoms with Gasteiger partial charge in [0.25, 0.3) is 0 Å². The fourth-order valence-corrected chi connectivity index (χ4v) is 2.88. The highest BCUT2D eigenvalue weighted by molar-refractivity contribution is 7.15. The fourth-order valence-electron chi connectivity index (χ4n) is 2.05. The van der Waals surface area contributed by atoms with Crippen molar-refractivity contribution < 1.29 is 9.53 Å². The van der Waals surface area contributed by atoms with Crippen LogP contribution in [0.4, 0.5) is 10.7 Å². The van der Waals surface area contributed by atoms with Crippen molar-refractivity contribution in [3.8, 4) is 10.6 Å². The number of nitrogens with one attached hydrogen (secondary N) is 1. The molecular formula is C15H16N4O2S. The lowest BCUT2D eigenvalue weighted by Crippen LogP contribution is -2.20. The Bertz CT molecular complexity index is 822. The molecule has 1 amide bonds. The molecule has 7 heteroatoms. The lowest BCUT2D eigenvalue weighted by Gasteiger charge is -2.11. The maximum absolute atomic E-state index is 11.8. The maximum Gasteiger partial charge on any atom is 0.414 e. The third kappa shape index (κ3) is 2.94. The molecule has 0 saturated carbocycles. The number of hydrogen-bond donors (Lipinski definition) is 1. The smallest absolute Gasteiger partial charge is 0.414 e. The van der Waals surface area contributed by atoms with Gasteiger partial charge in [-0.2, -0.15) is 5.10 Å². The van der Waals surface area contributed by atoms with Crippen LogP contribution in [-0.2, 0) is 4.74 Å². The van der Waals surface area contributed by atoms with Gasteiger partial charge in [0, 0.05) is 4.88 Å². The number of anilines is 1. The Balaban J connectivity index is 2.01. The molecule has 22 heavy (non-hydrogen) atoms. The van der Waals surface area contributed by atoms with Crippen LogP contribution in [0.2, 0.25) is 0 Å². The van der Waals surface area contributed by atoms with Crippen LogP contribution in [0.15, 0.2) is 30.5 Å². The molecule has 0 radical (unpaired) electrons. The van der Waals surface area contributed by atoms with E-state index in [-0.39, 0.29) is 6.10 Å². The molecule has 0 aliphatic carbocycles. The van der Waals surface area contributed by atoms with Gasteiger partial charge >= 0.3 is 6.09 Å². The summed E-state index contributed by atoms with van der Waals surface area (Å²) in [6, 6.07) is 7.87. The number of rotatable bonds is 3. The normalized spacial score (nSPS) is 11.1. The van der Waals surface area contributed by atoms with Gasteiger partial charge in [-0.1, -0.05) is 0 Å². The molecule has 0 atom stereocenters. The Kier molecular flexibility index (Phi) is 3.81. The fraction of sp³-hybridized carbons (Fsp3) is 0.267. The third-order valence-electron chi connectivity index (χ3n) is 2.93. The molecule has 3 heterocycles.